The van der Waals surface area contributed by atoms with Crippen LogP contribution in [0.15, 0.2) is 0 Å². The Morgan fingerprint density at radius 1 is 1.29 bits per heavy atom. The molecule has 1 N–H and O–H groups in total. The molecule has 3 nitrogen and oxygen atoms in total. The number of nitrogens with zero attached hydrogens (tertiary/aromatic N) is 1. The van der Waals surface area contributed by atoms with E-state index in [4.69, 9.17) is 0 Å². The normalized spacial score (nSPS) is 26.4. The van der Waals surface area contributed by atoms with Crippen LogP contribution in [0, 0.1) is 5.41 Å². The van der Waals surface area contributed by atoms with E-state index < -0.39 is 11.4 Å². The van der Waals surface area contributed by atoms with Crippen LogP contribution < -0.4 is 0 Å². The van der Waals surface area contributed by atoms with Crippen molar-refractivity contribution in [3.63, 3.8) is 0 Å². The Labute approximate surface area is 105 Å². The van der Waals surface area contributed by atoms with Crippen LogP contribution in [0.25, 0.3) is 0 Å². The Morgan fingerprint density at radius 2 is 1.88 bits per heavy atom. The molecule has 0 bridgehead atoms. The third-order valence-corrected chi connectivity index (χ3v) is 4.72. The lowest BCUT2D eigenvalue weighted by molar-refractivity contribution is -0.151. The van der Waals surface area contributed by atoms with Crippen molar-refractivity contribution in [1.82, 2.24) is 4.90 Å². The fourth-order valence-corrected chi connectivity index (χ4v) is 3.04. The minimum Gasteiger partial charge on any atom is -0.481 e. The van der Waals surface area contributed by atoms with Crippen molar-refractivity contribution in [3.8, 4) is 0 Å². The first-order valence-corrected chi connectivity index (χ1v) is 6.99. The molecule has 0 spiro atoms. The van der Waals surface area contributed by atoms with Gasteiger partial charge in [-0.2, -0.15) is 0 Å². The predicted molar refractivity (Wildman–Crippen MR) is 70.1 cm³/mol. The SMILES string of the molecule is CCC1CCC(C)N1CC(CC)(CC)C(=O)O. The molecule has 0 aromatic rings. The third kappa shape index (κ3) is 2.82. The summed E-state index contributed by atoms with van der Waals surface area (Å²) in [7, 11) is 0. The highest BCUT2D eigenvalue weighted by Crippen LogP contribution is 2.34. The van der Waals surface area contributed by atoms with Gasteiger partial charge in [0.05, 0.1) is 5.41 Å². The smallest absolute Gasteiger partial charge is 0.310 e. The Hall–Kier alpha value is -0.570. The Kier molecular flexibility index (Phi) is 4.99. The number of carboxylic acids is 1. The predicted octanol–water partition coefficient (Wildman–Crippen LogP) is 3.14. The van der Waals surface area contributed by atoms with E-state index in [1.807, 2.05) is 13.8 Å². The maximum Gasteiger partial charge on any atom is 0.310 e. The van der Waals surface area contributed by atoms with E-state index in [1.165, 1.54) is 12.8 Å². The van der Waals surface area contributed by atoms with Crippen molar-refractivity contribution in [2.75, 3.05) is 6.54 Å². The minimum absolute atomic E-state index is 0.539. The number of hydrogen-bond acceptors (Lipinski definition) is 2. The van der Waals surface area contributed by atoms with E-state index in [1.54, 1.807) is 0 Å². The molecule has 1 saturated heterocycles. The summed E-state index contributed by atoms with van der Waals surface area (Å²) in [5.74, 6) is -0.628. The van der Waals surface area contributed by atoms with Crippen LogP contribution in [0.5, 0.6) is 0 Å². The highest BCUT2D eigenvalue weighted by atomic mass is 16.4. The molecule has 100 valence electrons. The first kappa shape index (κ1) is 14.5. The van der Waals surface area contributed by atoms with Gasteiger partial charge in [-0.3, -0.25) is 9.69 Å². The van der Waals surface area contributed by atoms with Crippen molar-refractivity contribution in [2.24, 2.45) is 5.41 Å². The molecular formula is C14H27NO2. The van der Waals surface area contributed by atoms with Gasteiger partial charge in [-0.25, -0.2) is 0 Å². The van der Waals surface area contributed by atoms with Crippen LogP contribution in [0.3, 0.4) is 0 Å². The number of rotatable bonds is 6. The first-order valence-electron chi connectivity index (χ1n) is 6.99. The van der Waals surface area contributed by atoms with E-state index in [0.717, 1.165) is 25.8 Å². The highest BCUT2D eigenvalue weighted by molar-refractivity contribution is 5.74. The van der Waals surface area contributed by atoms with Crippen molar-refractivity contribution in [1.29, 1.82) is 0 Å². The molecule has 0 aromatic carbocycles. The number of aliphatic carboxylic acids is 1. The fourth-order valence-electron chi connectivity index (χ4n) is 3.04. The van der Waals surface area contributed by atoms with Gasteiger partial charge in [-0.05, 0) is 39.0 Å². The van der Waals surface area contributed by atoms with Crippen molar-refractivity contribution in [3.05, 3.63) is 0 Å². The molecule has 0 aliphatic carbocycles. The van der Waals surface area contributed by atoms with Gasteiger partial charge in [0.15, 0.2) is 0 Å². The Morgan fingerprint density at radius 3 is 2.29 bits per heavy atom. The molecule has 3 heteroatoms. The van der Waals surface area contributed by atoms with Gasteiger partial charge >= 0.3 is 5.97 Å². The minimum atomic E-state index is -0.628. The standard InChI is InChI=1S/C14H27NO2/c1-5-12-9-8-11(4)15(12)10-14(6-2,7-3)13(16)17/h11-12H,5-10H2,1-4H3,(H,16,17). The van der Waals surface area contributed by atoms with Gasteiger partial charge in [0, 0.05) is 18.6 Å². The molecule has 17 heavy (non-hydrogen) atoms. The van der Waals surface area contributed by atoms with Crippen molar-refractivity contribution < 1.29 is 9.90 Å². The Bertz CT molecular complexity index is 261. The number of likely N-dealkylation sites (tertiary alicyclic amines) is 1. The van der Waals surface area contributed by atoms with Crippen LogP contribution in [0.2, 0.25) is 0 Å². The number of carboxylic acid groups (broad SMARTS) is 1. The van der Waals surface area contributed by atoms with Gasteiger partial charge in [0.1, 0.15) is 0 Å². The van der Waals surface area contributed by atoms with Crippen LogP contribution in [-0.2, 0) is 4.79 Å². The summed E-state index contributed by atoms with van der Waals surface area (Å²) in [6, 6.07) is 1.12. The molecule has 0 amide bonds. The second-order valence-electron chi connectivity index (χ2n) is 5.45. The monoisotopic (exact) mass is 241 g/mol. The van der Waals surface area contributed by atoms with Gasteiger partial charge in [-0.15, -0.1) is 0 Å². The molecule has 0 radical (unpaired) electrons. The maximum absolute atomic E-state index is 11.5. The van der Waals surface area contributed by atoms with E-state index >= 15 is 0 Å². The van der Waals surface area contributed by atoms with Crippen LogP contribution in [0.1, 0.15) is 59.8 Å². The van der Waals surface area contributed by atoms with E-state index in [9.17, 15) is 9.90 Å². The first-order chi connectivity index (χ1) is 8.00. The maximum atomic E-state index is 11.5. The van der Waals surface area contributed by atoms with Crippen LogP contribution >= 0.6 is 0 Å². The summed E-state index contributed by atoms with van der Waals surface area (Å²) in [6.07, 6.45) is 5.01. The summed E-state index contributed by atoms with van der Waals surface area (Å²) in [5.41, 5.74) is -0.550. The second-order valence-corrected chi connectivity index (χ2v) is 5.45. The Balaban J connectivity index is 2.82. The summed E-state index contributed by atoms with van der Waals surface area (Å²) >= 11 is 0. The zero-order valence-corrected chi connectivity index (χ0v) is 11.7. The largest absolute Gasteiger partial charge is 0.481 e. The molecule has 0 aromatic heterocycles. The summed E-state index contributed by atoms with van der Waals surface area (Å²) in [4.78, 5) is 14.0. The zero-order valence-electron chi connectivity index (χ0n) is 11.7. The molecule has 2 unspecified atom stereocenters. The molecular weight excluding hydrogens is 214 g/mol. The lowest BCUT2D eigenvalue weighted by atomic mass is 9.81. The van der Waals surface area contributed by atoms with Gasteiger partial charge in [0.2, 0.25) is 0 Å². The van der Waals surface area contributed by atoms with Crippen LogP contribution in [0.4, 0.5) is 0 Å². The molecule has 1 aliphatic heterocycles. The van der Waals surface area contributed by atoms with E-state index in [2.05, 4.69) is 18.7 Å². The molecule has 1 aliphatic rings. The lowest BCUT2D eigenvalue weighted by Gasteiger charge is -2.37. The highest BCUT2D eigenvalue weighted by Gasteiger charge is 2.41. The zero-order chi connectivity index (χ0) is 13.1. The van der Waals surface area contributed by atoms with Gasteiger partial charge < -0.3 is 5.11 Å². The van der Waals surface area contributed by atoms with Crippen molar-refractivity contribution >= 4 is 5.97 Å². The van der Waals surface area contributed by atoms with Crippen molar-refractivity contribution in [2.45, 2.75) is 71.9 Å². The summed E-state index contributed by atoms with van der Waals surface area (Å²) in [5, 5.41) is 9.50. The lowest BCUT2D eigenvalue weighted by Crippen LogP contribution is -2.46. The van der Waals surface area contributed by atoms with Crippen LogP contribution in [-0.4, -0.2) is 34.6 Å². The molecule has 1 rings (SSSR count). The molecule has 0 saturated carbocycles. The number of hydrogen-bond donors (Lipinski definition) is 1. The fraction of sp³-hybridized carbons (Fsp3) is 0.929. The second kappa shape index (κ2) is 5.85. The average molecular weight is 241 g/mol. The van der Waals surface area contributed by atoms with E-state index in [0.29, 0.717) is 12.1 Å². The topological polar surface area (TPSA) is 40.5 Å². The van der Waals surface area contributed by atoms with Gasteiger partial charge in [-0.1, -0.05) is 20.8 Å². The summed E-state index contributed by atoms with van der Waals surface area (Å²) in [6.45, 7) is 9.15. The summed E-state index contributed by atoms with van der Waals surface area (Å²) < 4.78 is 0. The van der Waals surface area contributed by atoms with Gasteiger partial charge in [0.25, 0.3) is 0 Å². The quantitative estimate of drug-likeness (QED) is 0.776. The third-order valence-electron chi connectivity index (χ3n) is 4.72. The molecule has 1 heterocycles. The number of carbonyl (C=O) groups is 1. The average Bonchev–Trinajstić information content (AvgIpc) is 2.66. The van der Waals surface area contributed by atoms with E-state index in [-0.39, 0.29) is 0 Å². The molecule has 2 atom stereocenters. The molecule has 1 fully saturated rings.